The molecule has 25 heavy (non-hydrogen) atoms. The van der Waals surface area contributed by atoms with Crippen molar-refractivity contribution in [3.63, 3.8) is 0 Å². The number of amides is 1. The molecule has 3 rings (SSSR count). The van der Waals surface area contributed by atoms with E-state index < -0.39 is 0 Å². The lowest BCUT2D eigenvalue weighted by atomic mass is 9.71. The van der Waals surface area contributed by atoms with Crippen molar-refractivity contribution >= 4 is 5.91 Å². The molecule has 0 spiro atoms. The number of rotatable bonds is 7. The zero-order chi connectivity index (χ0) is 17.5. The van der Waals surface area contributed by atoms with E-state index in [1.165, 1.54) is 24.8 Å². The summed E-state index contributed by atoms with van der Waals surface area (Å²) in [4.78, 5) is 14.8. The predicted octanol–water partition coefficient (Wildman–Crippen LogP) is 3.35. The summed E-state index contributed by atoms with van der Waals surface area (Å²) < 4.78 is 5.86. The summed E-state index contributed by atoms with van der Waals surface area (Å²) in [6, 6.07) is 10.3. The average molecular weight is 344 g/mol. The Kier molecular flexibility index (Phi) is 6.49. The lowest BCUT2D eigenvalue weighted by Gasteiger charge is -2.36. The van der Waals surface area contributed by atoms with Crippen LogP contribution in [-0.2, 0) is 16.1 Å². The van der Waals surface area contributed by atoms with Gasteiger partial charge in [0.05, 0.1) is 13.2 Å². The molecule has 1 atom stereocenters. The van der Waals surface area contributed by atoms with E-state index in [0.717, 1.165) is 39.0 Å². The van der Waals surface area contributed by atoms with Crippen molar-refractivity contribution in [3.8, 4) is 0 Å². The Hall–Kier alpha value is -1.39. The van der Waals surface area contributed by atoms with Gasteiger partial charge in [0.1, 0.15) is 0 Å². The second kappa shape index (κ2) is 8.81. The lowest BCUT2D eigenvalue weighted by Crippen LogP contribution is -2.40. The minimum Gasteiger partial charge on any atom is -0.376 e. The van der Waals surface area contributed by atoms with E-state index >= 15 is 0 Å². The van der Waals surface area contributed by atoms with Crippen molar-refractivity contribution in [2.45, 2.75) is 51.6 Å². The third-order valence-corrected chi connectivity index (χ3v) is 5.98. The number of ether oxygens (including phenoxy) is 1. The van der Waals surface area contributed by atoms with E-state index in [1.54, 1.807) is 0 Å². The van der Waals surface area contributed by atoms with Crippen LogP contribution < -0.4 is 5.73 Å². The second-order valence-corrected chi connectivity index (χ2v) is 7.94. The summed E-state index contributed by atoms with van der Waals surface area (Å²) >= 11 is 0. The maximum Gasteiger partial charge on any atom is 0.223 e. The molecule has 1 heterocycles. The molecule has 1 aromatic rings. The van der Waals surface area contributed by atoms with Gasteiger partial charge < -0.3 is 15.4 Å². The number of hydrogen-bond acceptors (Lipinski definition) is 3. The molecule has 0 aromatic heterocycles. The Balaban J connectivity index is 1.41. The van der Waals surface area contributed by atoms with Crippen molar-refractivity contribution in [2.24, 2.45) is 17.1 Å². The Morgan fingerprint density at radius 3 is 2.68 bits per heavy atom. The normalized spacial score (nSPS) is 22.9. The van der Waals surface area contributed by atoms with Crippen LogP contribution in [0.3, 0.4) is 0 Å². The molecule has 1 aliphatic heterocycles. The van der Waals surface area contributed by atoms with Gasteiger partial charge >= 0.3 is 0 Å². The molecule has 1 unspecified atom stereocenters. The molecule has 1 aliphatic carbocycles. The van der Waals surface area contributed by atoms with Gasteiger partial charge in [0, 0.05) is 25.4 Å². The molecule has 0 bridgehead atoms. The maximum atomic E-state index is 12.7. The lowest BCUT2D eigenvalue weighted by molar-refractivity contribution is -0.133. The van der Waals surface area contributed by atoms with Crippen molar-refractivity contribution in [1.29, 1.82) is 0 Å². The molecule has 0 radical (unpaired) electrons. The molecule has 4 nitrogen and oxygen atoms in total. The summed E-state index contributed by atoms with van der Waals surface area (Å²) in [5.41, 5.74) is 7.31. The topological polar surface area (TPSA) is 55.6 Å². The average Bonchev–Trinajstić information content (AvgIpc) is 3.12. The number of nitrogens with two attached hydrogens (primary N) is 1. The SMILES string of the molecule is NCC1(CC(=O)N2CCC(COCc3ccccc3)C2)CCCCC1. The molecule has 138 valence electrons. The monoisotopic (exact) mass is 344 g/mol. The largest absolute Gasteiger partial charge is 0.376 e. The van der Waals surface area contributed by atoms with Gasteiger partial charge in [-0.15, -0.1) is 0 Å². The smallest absolute Gasteiger partial charge is 0.223 e. The number of nitrogens with zero attached hydrogens (tertiary/aromatic N) is 1. The molecule has 4 heteroatoms. The van der Waals surface area contributed by atoms with Gasteiger partial charge in [0.25, 0.3) is 0 Å². The van der Waals surface area contributed by atoms with E-state index in [9.17, 15) is 4.79 Å². The van der Waals surface area contributed by atoms with Crippen molar-refractivity contribution in [3.05, 3.63) is 35.9 Å². The van der Waals surface area contributed by atoms with E-state index in [-0.39, 0.29) is 5.41 Å². The molecule has 1 aromatic carbocycles. The Bertz CT molecular complexity index is 540. The fourth-order valence-electron chi connectivity index (χ4n) is 4.30. The van der Waals surface area contributed by atoms with E-state index in [4.69, 9.17) is 10.5 Å². The molecule has 2 fully saturated rings. The quantitative estimate of drug-likeness (QED) is 0.825. The van der Waals surface area contributed by atoms with Crippen LogP contribution in [0.25, 0.3) is 0 Å². The van der Waals surface area contributed by atoms with Crippen LogP contribution in [-0.4, -0.2) is 37.0 Å². The van der Waals surface area contributed by atoms with E-state index in [2.05, 4.69) is 12.1 Å². The molecular weight excluding hydrogens is 312 g/mol. The zero-order valence-corrected chi connectivity index (χ0v) is 15.3. The summed E-state index contributed by atoms with van der Waals surface area (Å²) in [5, 5.41) is 0. The first kappa shape index (κ1) is 18.4. The Labute approximate surface area is 151 Å². The summed E-state index contributed by atoms with van der Waals surface area (Å²) in [6.07, 6.45) is 7.66. The highest BCUT2D eigenvalue weighted by atomic mass is 16.5. The highest BCUT2D eigenvalue weighted by Gasteiger charge is 2.36. The predicted molar refractivity (Wildman–Crippen MR) is 100.0 cm³/mol. The van der Waals surface area contributed by atoms with Crippen molar-refractivity contribution in [1.82, 2.24) is 4.90 Å². The minimum atomic E-state index is 0.0667. The van der Waals surface area contributed by atoms with Gasteiger partial charge in [-0.25, -0.2) is 0 Å². The summed E-state index contributed by atoms with van der Waals surface area (Å²) in [5.74, 6) is 0.769. The van der Waals surface area contributed by atoms with Crippen LogP contribution in [0.2, 0.25) is 0 Å². The number of carbonyl (C=O) groups is 1. The summed E-state index contributed by atoms with van der Waals surface area (Å²) in [7, 11) is 0. The van der Waals surface area contributed by atoms with Crippen LogP contribution >= 0.6 is 0 Å². The van der Waals surface area contributed by atoms with Crippen LogP contribution in [0, 0.1) is 11.3 Å². The molecule has 1 amide bonds. The Morgan fingerprint density at radius 1 is 1.20 bits per heavy atom. The molecule has 1 saturated carbocycles. The first-order valence-corrected chi connectivity index (χ1v) is 9.80. The second-order valence-electron chi connectivity index (χ2n) is 7.94. The summed E-state index contributed by atoms with van der Waals surface area (Å²) in [6.45, 7) is 3.76. The van der Waals surface area contributed by atoms with Crippen LogP contribution in [0.4, 0.5) is 0 Å². The molecule has 2 N–H and O–H groups in total. The number of benzene rings is 1. The molecular formula is C21H32N2O2. The molecule has 1 saturated heterocycles. The fraction of sp³-hybridized carbons (Fsp3) is 0.667. The maximum absolute atomic E-state index is 12.7. The van der Waals surface area contributed by atoms with E-state index in [0.29, 0.717) is 31.4 Å². The minimum absolute atomic E-state index is 0.0667. The Morgan fingerprint density at radius 2 is 1.96 bits per heavy atom. The fourth-order valence-corrected chi connectivity index (χ4v) is 4.30. The first-order valence-electron chi connectivity index (χ1n) is 9.80. The highest BCUT2D eigenvalue weighted by Crippen LogP contribution is 2.39. The van der Waals surface area contributed by atoms with Gasteiger partial charge in [0.15, 0.2) is 0 Å². The third kappa shape index (κ3) is 5.05. The van der Waals surface area contributed by atoms with Crippen LogP contribution in [0.5, 0.6) is 0 Å². The van der Waals surface area contributed by atoms with Crippen LogP contribution in [0.1, 0.15) is 50.5 Å². The number of likely N-dealkylation sites (tertiary alicyclic amines) is 1. The van der Waals surface area contributed by atoms with Gasteiger partial charge in [-0.2, -0.15) is 0 Å². The standard InChI is InChI=1S/C21H32N2O2/c22-17-21(10-5-2-6-11-21)13-20(24)23-12-9-19(14-23)16-25-15-18-7-3-1-4-8-18/h1,3-4,7-8,19H,2,5-6,9-17,22H2. The van der Waals surface area contributed by atoms with Crippen LogP contribution in [0.15, 0.2) is 30.3 Å². The van der Waals surface area contributed by atoms with Gasteiger partial charge in [-0.1, -0.05) is 49.6 Å². The zero-order valence-electron chi connectivity index (χ0n) is 15.3. The number of carbonyl (C=O) groups excluding carboxylic acids is 1. The van der Waals surface area contributed by atoms with Crippen molar-refractivity contribution in [2.75, 3.05) is 26.2 Å². The van der Waals surface area contributed by atoms with E-state index in [1.807, 2.05) is 23.1 Å². The van der Waals surface area contributed by atoms with Crippen molar-refractivity contribution < 1.29 is 9.53 Å². The van der Waals surface area contributed by atoms with Gasteiger partial charge in [-0.3, -0.25) is 4.79 Å². The van der Waals surface area contributed by atoms with Gasteiger partial charge in [0.2, 0.25) is 5.91 Å². The first-order chi connectivity index (χ1) is 12.2. The highest BCUT2D eigenvalue weighted by molar-refractivity contribution is 5.77. The third-order valence-electron chi connectivity index (χ3n) is 5.98. The molecule has 2 aliphatic rings. The number of hydrogen-bond donors (Lipinski definition) is 1. The van der Waals surface area contributed by atoms with Gasteiger partial charge in [-0.05, 0) is 36.8 Å².